The molecular weight excluding hydrogens is 414 g/mol. The first-order chi connectivity index (χ1) is 16.0. The molecule has 2 heterocycles. The van der Waals surface area contributed by atoms with E-state index in [-0.39, 0.29) is 5.91 Å². The number of piperidine rings is 1. The van der Waals surface area contributed by atoms with E-state index < -0.39 is 0 Å². The molecule has 174 valence electrons. The molecule has 3 aromatic rings. The number of furan rings is 1. The van der Waals surface area contributed by atoms with E-state index in [0.29, 0.717) is 18.4 Å². The number of ether oxygens (including phenoxy) is 2. The van der Waals surface area contributed by atoms with Gasteiger partial charge in [0.25, 0.3) is 0 Å². The number of methoxy groups -OCH3 is 1. The van der Waals surface area contributed by atoms with Crippen molar-refractivity contribution in [2.45, 2.75) is 52.5 Å². The van der Waals surface area contributed by atoms with Crippen molar-refractivity contribution >= 4 is 22.4 Å². The van der Waals surface area contributed by atoms with Crippen molar-refractivity contribution in [3.8, 4) is 22.6 Å². The molecule has 0 N–H and O–H groups in total. The standard InChI is InChI=1S/C28H33NO4/c1-5-21-9-7-8-14-29(21)28(30)15-19(3)23-16-24-25(18-33-27(24)17-26(23)31-4)20-10-12-22(13-11-20)32-6-2/h10-13,15-18,21H,5-9,14H2,1-4H3/b19-15+. The van der Waals surface area contributed by atoms with Crippen LogP contribution >= 0.6 is 0 Å². The topological polar surface area (TPSA) is 51.9 Å². The molecule has 4 rings (SSSR count). The minimum Gasteiger partial charge on any atom is -0.496 e. The van der Waals surface area contributed by atoms with Crippen LogP contribution in [0.2, 0.25) is 0 Å². The molecule has 0 saturated carbocycles. The van der Waals surface area contributed by atoms with Crippen LogP contribution in [-0.2, 0) is 4.79 Å². The molecular formula is C28H33NO4. The van der Waals surface area contributed by atoms with Gasteiger partial charge in [-0.2, -0.15) is 0 Å². The lowest BCUT2D eigenvalue weighted by Gasteiger charge is -2.34. The lowest BCUT2D eigenvalue weighted by atomic mass is 9.97. The Bertz CT molecular complexity index is 1140. The average molecular weight is 448 g/mol. The number of carbonyl (C=O) groups is 1. The van der Waals surface area contributed by atoms with Gasteiger partial charge >= 0.3 is 0 Å². The Hall–Kier alpha value is -3.21. The summed E-state index contributed by atoms with van der Waals surface area (Å²) in [6, 6.07) is 12.3. The fraction of sp³-hybridized carbons (Fsp3) is 0.393. The second-order valence-electron chi connectivity index (χ2n) is 8.57. The van der Waals surface area contributed by atoms with Crippen LogP contribution < -0.4 is 9.47 Å². The molecule has 0 spiro atoms. The van der Waals surface area contributed by atoms with Gasteiger partial charge < -0.3 is 18.8 Å². The third-order valence-electron chi connectivity index (χ3n) is 6.52. The van der Waals surface area contributed by atoms with E-state index in [1.165, 1.54) is 6.42 Å². The molecule has 33 heavy (non-hydrogen) atoms. The van der Waals surface area contributed by atoms with E-state index in [9.17, 15) is 4.79 Å². The van der Waals surface area contributed by atoms with Gasteiger partial charge in [-0.15, -0.1) is 0 Å². The van der Waals surface area contributed by atoms with Crippen LogP contribution in [0.5, 0.6) is 11.5 Å². The number of hydrogen-bond donors (Lipinski definition) is 0. The molecule has 1 aromatic heterocycles. The summed E-state index contributed by atoms with van der Waals surface area (Å²) in [6.07, 6.45) is 7.88. The van der Waals surface area contributed by atoms with Gasteiger partial charge in [-0.05, 0) is 68.9 Å². The normalized spacial score (nSPS) is 16.8. The molecule has 5 heteroatoms. The van der Waals surface area contributed by atoms with Crippen molar-refractivity contribution in [2.24, 2.45) is 0 Å². The molecule has 1 saturated heterocycles. The van der Waals surface area contributed by atoms with Crippen LogP contribution in [0.3, 0.4) is 0 Å². The first kappa shape index (κ1) is 23.0. The zero-order chi connectivity index (χ0) is 23.4. The molecule has 5 nitrogen and oxygen atoms in total. The highest BCUT2D eigenvalue weighted by Crippen LogP contribution is 2.38. The van der Waals surface area contributed by atoms with Crippen LogP contribution in [-0.4, -0.2) is 37.1 Å². The minimum absolute atomic E-state index is 0.0835. The predicted octanol–water partition coefficient (Wildman–Crippen LogP) is 6.70. The fourth-order valence-corrected chi connectivity index (χ4v) is 4.71. The molecule has 0 aliphatic carbocycles. The van der Waals surface area contributed by atoms with Crippen LogP contribution in [0.4, 0.5) is 0 Å². The molecule has 1 aliphatic rings. The Morgan fingerprint density at radius 3 is 2.67 bits per heavy atom. The summed E-state index contributed by atoms with van der Waals surface area (Å²) < 4.78 is 17.1. The predicted molar refractivity (Wildman–Crippen MR) is 133 cm³/mol. The first-order valence-electron chi connectivity index (χ1n) is 11.9. The second kappa shape index (κ2) is 10.2. The van der Waals surface area contributed by atoms with Gasteiger partial charge in [0.2, 0.25) is 5.91 Å². The number of rotatable bonds is 7. The lowest BCUT2D eigenvalue weighted by molar-refractivity contribution is -0.129. The summed E-state index contributed by atoms with van der Waals surface area (Å²) in [5.41, 5.74) is 4.58. The Kier molecular flexibility index (Phi) is 7.07. The van der Waals surface area contributed by atoms with Crippen LogP contribution in [0.25, 0.3) is 27.7 Å². The second-order valence-corrected chi connectivity index (χ2v) is 8.57. The van der Waals surface area contributed by atoms with Crippen molar-refractivity contribution in [3.63, 3.8) is 0 Å². The zero-order valence-electron chi connectivity index (χ0n) is 20.0. The maximum absolute atomic E-state index is 13.1. The van der Waals surface area contributed by atoms with E-state index in [1.807, 2.05) is 49.1 Å². The maximum atomic E-state index is 13.1. The van der Waals surface area contributed by atoms with Crippen molar-refractivity contribution < 1.29 is 18.7 Å². The van der Waals surface area contributed by atoms with Gasteiger partial charge in [0.1, 0.15) is 17.1 Å². The number of benzene rings is 2. The van der Waals surface area contributed by atoms with E-state index in [2.05, 4.69) is 13.0 Å². The maximum Gasteiger partial charge on any atom is 0.247 e. The highest BCUT2D eigenvalue weighted by molar-refractivity contribution is 6.00. The van der Waals surface area contributed by atoms with E-state index in [4.69, 9.17) is 13.9 Å². The van der Waals surface area contributed by atoms with E-state index in [0.717, 1.165) is 64.8 Å². The van der Waals surface area contributed by atoms with E-state index >= 15 is 0 Å². The van der Waals surface area contributed by atoms with Crippen molar-refractivity contribution in [3.05, 3.63) is 54.3 Å². The Morgan fingerprint density at radius 1 is 1.18 bits per heavy atom. The average Bonchev–Trinajstić information content (AvgIpc) is 3.26. The van der Waals surface area contributed by atoms with Crippen molar-refractivity contribution in [1.29, 1.82) is 0 Å². The molecule has 1 fully saturated rings. The monoisotopic (exact) mass is 447 g/mol. The molecule has 1 aliphatic heterocycles. The molecule has 0 radical (unpaired) electrons. The minimum atomic E-state index is 0.0835. The van der Waals surface area contributed by atoms with Gasteiger partial charge in [-0.1, -0.05) is 19.1 Å². The van der Waals surface area contributed by atoms with Gasteiger partial charge in [-0.25, -0.2) is 0 Å². The zero-order valence-corrected chi connectivity index (χ0v) is 20.0. The van der Waals surface area contributed by atoms with Gasteiger partial charge in [0, 0.05) is 41.2 Å². The third-order valence-corrected chi connectivity index (χ3v) is 6.52. The van der Waals surface area contributed by atoms with E-state index in [1.54, 1.807) is 19.4 Å². The molecule has 0 bridgehead atoms. The molecule has 2 aromatic carbocycles. The SMILES string of the molecule is CCOc1ccc(-c2coc3cc(OC)c(/C(C)=C/C(=O)N4CCCCC4CC)cc23)cc1. The highest BCUT2D eigenvalue weighted by atomic mass is 16.5. The Labute approximate surface area is 196 Å². The van der Waals surface area contributed by atoms with Gasteiger partial charge in [0.15, 0.2) is 0 Å². The van der Waals surface area contributed by atoms with Crippen LogP contribution in [0, 0.1) is 0 Å². The molecule has 1 atom stereocenters. The quantitative estimate of drug-likeness (QED) is 0.378. The number of nitrogens with zero attached hydrogens (tertiary/aromatic N) is 1. The van der Waals surface area contributed by atoms with Gasteiger partial charge in [-0.3, -0.25) is 4.79 Å². The number of allylic oxidation sites excluding steroid dienone is 1. The van der Waals surface area contributed by atoms with Crippen molar-refractivity contribution in [2.75, 3.05) is 20.3 Å². The number of likely N-dealkylation sites (tertiary alicyclic amines) is 1. The van der Waals surface area contributed by atoms with Gasteiger partial charge in [0.05, 0.1) is 20.0 Å². The third kappa shape index (κ3) is 4.77. The van der Waals surface area contributed by atoms with Crippen LogP contribution in [0.1, 0.15) is 52.0 Å². The summed E-state index contributed by atoms with van der Waals surface area (Å²) in [7, 11) is 1.65. The summed E-state index contributed by atoms with van der Waals surface area (Å²) in [4.78, 5) is 15.1. The first-order valence-corrected chi connectivity index (χ1v) is 11.9. The summed E-state index contributed by atoms with van der Waals surface area (Å²) >= 11 is 0. The Morgan fingerprint density at radius 2 is 1.97 bits per heavy atom. The largest absolute Gasteiger partial charge is 0.496 e. The Balaban J connectivity index is 1.70. The summed E-state index contributed by atoms with van der Waals surface area (Å²) in [5.74, 6) is 1.62. The molecule has 1 unspecified atom stereocenters. The smallest absolute Gasteiger partial charge is 0.247 e. The fourth-order valence-electron chi connectivity index (χ4n) is 4.71. The number of fused-ring (bicyclic) bond motifs is 1. The molecule has 1 amide bonds. The number of hydrogen-bond acceptors (Lipinski definition) is 4. The number of carbonyl (C=O) groups excluding carboxylic acids is 1. The van der Waals surface area contributed by atoms with Crippen LogP contribution in [0.15, 0.2) is 53.2 Å². The van der Waals surface area contributed by atoms with Crippen molar-refractivity contribution in [1.82, 2.24) is 4.90 Å². The summed E-state index contributed by atoms with van der Waals surface area (Å²) in [5, 5.41) is 0.986. The number of amides is 1. The lowest BCUT2D eigenvalue weighted by Crippen LogP contribution is -2.42. The summed E-state index contributed by atoms with van der Waals surface area (Å²) in [6.45, 7) is 7.58. The highest BCUT2D eigenvalue weighted by Gasteiger charge is 2.24.